The molecule has 1 heterocycles. The number of rotatable bonds is 1. The van der Waals surface area contributed by atoms with E-state index in [2.05, 4.69) is 16.4 Å². The van der Waals surface area contributed by atoms with Crippen LogP contribution in [0.2, 0.25) is 0 Å². The summed E-state index contributed by atoms with van der Waals surface area (Å²) in [6.07, 6.45) is 6.54. The molecule has 0 spiro atoms. The standard InChI is InChI=1S/C4H5N2S/c1-7-4-2-5-6-3-4/h2H,1H3,(H,5,6). The molecule has 7 heavy (non-hydrogen) atoms. The van der Waals surface area contributed by atoms with Gasteiger partial charge in [0.15, 0.2) is 0 Å². The second-order valence-corrected chi connectivity index (χ2v) is 1.91. The van der Waals surface area contributed by atoms with E-state index in [-0.39, 0.29) is 0 Å². The van der Waals surface area contributed by atoms with Crippen LogP contribution in [0, 0.1) is 6.20 Å². The van der Waals surface area contributed by atoms with Crippen LogP contribution in [0.4, 0.5) is 0 Å². The van der Waals surface area contributed by atoms with E-state index >= 15 is 0 Å². The van der Waals surface area contributed by atoms with Crippen molar-refractivity contribution >= 4 is 11.8 Å². The third-order valence-corrected chi connectivity index (χ3v) is 1.30. The van der Waals surface area contributed by atoms with Crippen LogP contribution in [0.15, 0.2) is 11.1 Å². The zero-order valence-electron chi connectivity index (χ0n) is 3.93. The number of nitrogens with one attached hydrogen (secondary N) is 1. The first-order chi connectivity index (χ1) is 3.43. The van der Waals surface area contributed by atoms with E-state index < -0.39 is 0 Å². The van der Waals surface area contributed by atoms with Crippen molar-refractivity contribution in [3.8, 4) is 0 Å². The molecular formula is C4H5N2S. The predicted octanol–water partition coefficient (Wildman–Crippen LogP) is 0.932. The van der Waals surface area contributed by atoms with Crippen LogP contribution in [0.1, 0.15) is 0 Å². The van der Waals surface area contributed by atoms with E-state index in [0.29, 0.717) is 0 Å². The first kappa shape index (κ1) is 4.71. The molecule has 3 heteroatoms. The van der Waals surface area contributed by atoms with Gasteiger partial charge in [0.1, 0.15) is 6.20 Å². The Kier molecular flexibility index (Phi) is 1.36. The van der Waals surface area contributed by atoms with E-state index in [9.17, 15) is 0 Å². The minimum atomic E-state index is 1.06. The van der Waals surface area contributed by atoms with Gasteiger partial charge < -0.3 is 0 Å². The quantitative estimate of drug-likeness (QED) is 0.549. The van der Waals surface area contributed by atoms with Crippen LogP contribution in [0.5, 0.6) is 0 Å². The molecular weight excluding hydrogens is 108 g/mol. The highest BCUT2D eigenvalue weighted by molar-refractivity contribution is 7.98. The first-order valence-electron chi connectivity index (χ1n) is 1.89. The normalized spacial score (nSPS) is 9.29. The molecule has 1 rings (SSSR count). The zero-order valence-corrected chi connectivity index (χ0v) is 4.75. The van der Waals surface area contributed by atoms with Gasteiger partial charge in [-0.2, -0.15) is 5.10 Å². The Morgan fingerprint density at radius 1 is 2.00 bits per heavy atom. The lowest BCUT2D eigenvalue weighted by atomic mass is 10.7. The van der Waals surface area contributed by atoms with Crippen molar-refractivity contribution in [2.24, 2.45) is 0 Å². The molecule has 0 aliphatic carbocycles. The van der Waals surface area contributed by atoms with E-state index in [1.807, 2.05) is 12.5 Å². The van der Waals surface area contributed by atoms with Crippen LogP contribution < -0.4 is 0 Å². The van der Waals surface area contributed by atoms with Gasteiger partial charge in [0.25, 0.3) is 0 Å². The second kappa shape index (κ2) is 2.02. The summed E-state index contributed by atoms with van der Waals surface area (Å²) in [7, 11) is 0. The molecule has 0 fully saturated rings. The Labute approximate surface area is 46.3 Å². The van der Waals surface area contributed by atoms with Crippen molar-refractivity contribution in [2.75, 3.05) is 6.26 Å². The Morgan fingerprint density at radius 2 is 2.86 bits per heavy atom. The largest absolute Gasteiger partial charge is 0.284 e. The molecule has 0 bridgehead atoms. The van der Waals surface area contributed by atoms with E-state index in [1.54, 1.807) is 11.8 Å². The fourth-order valence-electron chi connectivity index (χ4n) is 0.315. The van der Waals surface area contributed by atoms with Crippen LogP contribution in [0.3, 0.4) is 0 Å². The number of thioether (sulfide) groups is 1. The number of nitrogens with zero attached hydrogens (tertiary/aromatic N) is 1. The van der Waals surface area contributed by atoms with Gasteiger partial charge in [0.2, 0.25) is 0 Å². The third kappa shape index (κ3) is 0.962. The van der Waals surface area contributed by atoms with Crippen molar-refractivity contribution < 1.29 is 0 Å². The SMILES string of the molecule is CSc1[c]n[nH]c1. The molecule has 1 radical (unpaired) electrons. The second-order valence-electron chi connectivity index (χ2n) is 1.07. The Hall–Kier alpha value is -0.440. The summed E-state index contributed by atoms with van der Waals surface area (Å²) >= 11 is 1.63. The molecule has 0 aliphatic heterocycles. The van der Waals surface area contributed by atoms with Crippen LogP contribution in [-0.2, 0) is 0 Å². The van der Waals surface area contributed by atoms with Gasteiger partial charge in [-0.1, -0.05) is 0 Å². The maximum Gasteiger partial charge on any atom is 0.127 e. The average molecular weight is 113 g/mol. The van der Waals surface area contributed by atoms with E-state index in [1.165, 1.54) is 0 Å². The van der Waals surface area contributed by atoms with Crippen molar-refractivity contribution in [1.29, 1.82) is 0 Å². The summed E-state index contributed by atoms with van der Waals surface area (Å²) < 4.78 is 0. The smallest absolute Gasteiger partial charge is 0.127 e. The number of aromatic amines is 1. The van der Waals surface area contributed by atoms with Gasteiger partial charge in [0, 0.05) is 6.20 Å². The lowest BCUT2D eigenvalue weighted by Crippen LogP contribution is -1.55. The van der Waals surface area contributed by atoms with E-state index in [0.717, 1.165) is 4.90 Å². The fourth-order valence-corrected chi connectivity index (χ4v) is 0.623. The molecule has 37 valence electrons. The van der Waals surface area contributed by atoms with Gasteiger partial charge in [-0.15, -0.1) is 11.8 Å². The third-order valence-electron chi connectivity index (χ3n) is 0.646. The minimum Gasteiger partial charge on any atom is -0.284 e. The van der Waals surface area contributed by atoms with Gasteiger partial charge in [0.05, 0.1) is 4.90 Å². The monoisotopic (exact) mass is 113 g/mol. The van der Waals surface area contributed by atoms with Crippen LogP contribution in [-0.4, -0.2) is 16.5 Å². The maximum absolute atomic E-state index is 3.62. The molecule has 0 aromatic carbocycles. The Bertz CT molecular complexity index is 124. The van der Waals surface area contributed by atoms with Gasteiger partial charge >= 0.3 is 0 Å². The van der Waals surface area contributed by atoms with Gasteiger partial charge in [-0.25, -0.2) is 0 Å². The van der Waals surface area contributed by atoms with Crippen molar-refractivity contribution in [2.45, 2.75) is 4.90 Å². The van der Waals surface area contributed by atoms with E-state index in [4.69, 9.17) is 0 Å². The summed E-state index contributed by atoms with van der Waals surface area (Å²) in [5, 5.41) is 6.28. The highest BCUT2D eigenvalue weighted by Crippen LogP contribution is 2.08. The lowest BCUT2D eigenvalue weighted by Gasteiger charge is -1.75. The number of H-pyrrole nitrogens is 1. The molecule has 0 atom stereocenters. The molecule has 2 nitrogen and oxygen atoms in total. The molecule has 0 amide bonds. The Morgan fingerprint density at radius 3 is 3.14 bits per heavy atom. The summed E-state index contributed by atoms with van der Waals surface area (Å²) in [5.74, 6) is 0. The molecule has 0 saturated heterocycles. The molecule has 1 aromatic rings. The van der Waals surface area contributed by atoms with Crippen LogP contribution >= 0.6 is 11.8 Å². The first-order valence-corrected chi connectivity index (χ1v) is 3.11. The summed E-state index contributed by atoms with van der Waals surface area (Å²) in [4.78, 5) is 1.06. The predicted molar refractivity (Wildman–Crippen MR) is 29.2 cm³/mol. The molecule has 1 aromatic heterocycles. The molecule has 0 saturated carbocycles. The zero-order chi connectivity index (χ0) is 5.11. The topological polar surface area (TPSA) is 28.7 Å². The van der Waals surface area contributed by atoms with Gasteiger partial charge in [-0.05, 0) is 6.26 Å². The Balaban J connectivity index is 2.76. The summed E-state index contributed by atoms with van der Waals surface area (Å²) in [6.45, 7) is 0. The van der Waals surface area contributed by atoms with Crippen molar-refractivity contribution in [3.63, 3.8) is 0 Å². The molecule has 0 aliphatic rings. The molecule has 1 N–H and O–H groups in total. The number of hydrogen-bond acceptors (Lipinski definition) is 2. The average Bonchev–Trinajstić information content (AvgIpc) is 2.14. The lowest BCUT2D eigenvalue weighted by molar-refractivity contribution is 1.08. The summed E-state index contributed by atoms with van der Waals surface area (Å²) in [6, 6.07) is 0. The highest BCUT2D eigenvalue weighted by Gasteiger charge is 1.85. The maximum atomic E-state index is 3.62. The van der Waals surface area contributed by atoms with Crippen molar-refractivity contribution in [1.82, 2.24) is 10.2 Å². The van der Waals surface area contributed by atoms with Crippen molar-refractivity contribution in [3.05, 3.63) is 12.4 Å². The van der Waals surface area contributed by atoms with Crippen LogP contribution in [0.25, 0.3) is 0 Å². The van der Waals surface area contributed by atoms with Gasteiger partial charge in [-0.3, -0.25) is 5.10 Å². The highest BCUT2D eigenvalue weighted by atomic mass is 32.2. The summed E-state index contributed by atoms with van der Waals surface area (Å²) in [5.41, 5.74) is 0. The number of hydrogen-bond donors (Lipinski definition) is 1. The number of aromatic nitrogens is 2. The minimum absolute atomic E-state index is 1.06. The fraction of sp³-hybridized carbons (Fsp3) is 0.250. The molecule has 0 unspecified atom stereocenters.